The molecule has 27 heavy (non-hydrogen) atoms. The van der Waals surface area contributed by atoms with Crippen LogP contribution in [0.25, 0.3) is 10.6 Å². The number of rotatable bonds is 5. The van der Waals surface area contributed by atoms with Gasteiger partial charge in [-0.2, -0.15) is 0 Å². The number of benzene rings is 1. The van der Waals surface area contributed by atoms with Gasteiger partial charge in [-0.05, 0) is 25.2 Å². The van der Waals surface area contributed by atoms with Gasteiger partial charge in [0.05, 0.1) is 5.69 Å². The van der Waals surface area contributed by atoms with Crippen LogP contribution in [-0.2, 0) is 9.53 Å². The number of aromatic nitrogens is 1. The monoisotopic (exact) mass is 386 g/mol. The minimum atomic E-state index is -0.493. The first-order valence-electron chi connectivity index (χ1n) is 9.45. The first-order valence-corrected chi connectivity index (χ1v) is 10.3. The van der Waals surface area contributed by atoms with Crippen LogP contribution >= 0.6 is 11.3 Å². The van der Waals surface area contributed by atoms with E-state index in [2.05, 4.69) is 24.1 Å². The van der Waals surface area contributed by atoms with Gasteiger partial charge in [0.25, 0.3) is 5.91 Å². The van der Waals surface area contributed by atoms with E-state index in [1.54, 1.807) is 6.92 Å². The van der Waals surface area contributed by atoms with E-state index in [9.17, 15) is 9.59 Å². The second kappa shape index (κ2) is 8.65. The molecule has 3 atom stereocenters. The van der Waals surface area contributed by atoms with Crippen molar-refractivity contribution in [3.05, 3.63) is 40.9 Å². The molecule has 1 aromatic heterocycles. The smallest absolute Gasteiger partial charge is 0.350 e. The van der Waals surface area contributed by atoms with Gasteiger partial charge in [0.15, 0.2) is 6.61 Å². The SMILES string of the molecule is Cc1nc(-c2ccccc2)sc1C(=O)OCC(=O)N[C@H]1CCC[C@@H](C)[C@@H]1C. The van der Waals surface area contributed by atoms with Crippen LogP contribution in [0.4, 0.5) is 0 Å². The van der Waals surface area contributed by atoms with Crippen LogP contribution < -0.4 is 5.32 Å². The molecule has 144 valence electrons. The maximum atomic E-state index is 12.4. The molecular weight excluding hydrogens is 360 g/mol. The Morgan fingerprint density at radius 3 is 2.70 bits per heavy atom. The van der Waals surface area contributed by atoms with E-state index in [0.29, 0.717) is 22.4 Å². The Balaban J connectivity index is 1.56. The Kier molecular flexibility index (Phi) is 6.26. The van der Waals surface area contributed by atoms with Crippen molar-refractivity contribution in [3.8, 4) is 10.6 Å². The van der Waals surface area contributed by atoms with Gasteiger partial charge < -0.3 is 10.1 Å². The van der Waals surface area contributed by atoms with Crippen LogP contribution in [0.1, 0.15) is 48.5 Å². The molecule has 0 aliphatic heterocycles. The molecule has 0 saturated heterocycles. The summed E-state index contributed by atoms with van der Waals surface area (Å²) < 4.78 is 5.24. The molecule has 1 aliphatic rings. The van der Waals surface area contributed by atoms with Crippen molar-refractivity contribution in [2.75, 3.05) is 6.61 Å². The lowest BCUT2D eigenvalue weighted by Crippen LogP contribution is -2.45. The van der Waals surface area contributed by atoms with Gasteiger partial charge >= 0.3 is 5.97 Å². The van der Waals surface area contributed by atoms with Gasteiger partial charge in [-0.25, -0.2) is 9.78 Å². The third-order valence-corrected chi connectivity index (χ3v) is 6.58. The predicted molar refractivity (Wildman–Crippen MR) is 107 cm³/mol. The lowest BCUT2D eigenvalue weighted by Gasteiger charge is -2.34. The number of esters is 1. The Morgan fingerprint density at radius 2 is 1.96 bits per heavy atom. The molecular formula is C21H26N2O3S. The Bertz CT molecular complexity index is 803. The van der Waals surface area contributed by atoms with E-state index in [0.717, 1.165) is 23.4 Å². The number of thiazole rings is 1. The number of aryl methyl sites for hydroxylation is 1. The zero-order valence-corrected chi connectivity index (χ0v) is 16.8. The quantitative estimate of drug-likeness (QED) is 0.782. The number of ether oxygens (including phenoxy) is 1. The topological polar surface area (TPSA) is 68.3 Å². The van der Waals surface area contributed by atoms with Crippen molar-refractivity contribution in [1.82, 2.24) is 10.3 Å². The zero-order chi connectivity index (χ0) is 19.4. The summed E-state index contributed by atoms with van der Waals surface area (Å²) in [6.07, 6.45) is 3.31. The summed E-state index contributed by atoms with van der Waals surface area (Å²) in [5.41, 5.74) is 1.58. The number of nitrogens with one attached hydrogen (secondary N) is 1. The number of nitrogens with zero attached hydrogens (tertiary/aromatic N) is 1. The van der Waals surface area contributed by atoms with Gasteiger partial charge in [-0.1, -0.05) is 57.0 Å². The average molecular weight is 387 g/mol. The maximum Gasteiger partial charge on any atom is 0.350 e. The minimum absolute atomic E-state index is 0.162. The van der Waals surface area contributed by atoms with Crippen LogP contribution in [0.5, 0.6) is 0 Å². The number of hydrogen-bond donors (Lipinski definition) is 1. The van der Waals surface area contributed by atoms with E-state index in [1.165, 1.54) is 17.8 Å². The fourth-order valence-corrected chi connectivity index (χ4v) is 4.49. The Hall–Kier alpha value is -2.21. The molecule has 0 radical (unpaired) electrons. The van der Waals surface area contributed by atoms with E-state index in [4.69, 9.17) is 4.74 Å². The van der Waals surface area contributed by atoms with Crippen molar-refractivity contribution >= 4 is 23.2 Å². The summed E-state index contributed by atoms with van der Waals surface area (Å²) in [6.45, 7) is 5.92. The second-order valence-electron chi connectivity index (χ2n) is 7.32. The fourth-order valence-electron chi connectivity index (χ4n) is 3.52. The molecule has 1 N–H and O–H groups in total. The van der Waals surface area contributed by atoms with Crippen LogP contribution in [-0.4, -0.2) is 29.5 Å². The highest BCUT2D eigenvalue weighted by Crippen LogP contribution is 2.30. The van der Waals surface area contributed by atoms with Gasteiger partial charge in [0.2, 0.25) is 0 Å². The fraction of sp³-hybridized carbons (Fsp3) is 0.476. The average Bonchev–Trinajstić information content (AvgIpc) is 3.06. The summed E-state index contributed by atoms with van der Waals surface area (Å²) in [4.78, 5) is 29.5. The lowest BCUT2D eigenvalue weighted by molar-refractivity contribution is -0.125. The van der Waals surface area contributed by atoms with E-state index in [-0.39, 0.29) is 18.6 Å². The van der Waals surface area contributed by atoms with Gasteiger partial charge in [0.1, 0.15) is 9.88 Å². The van der Waals surface area contributed by atoms with Crippen LogP contribution in [0.3, 0.4) is 0 Å². The van der Waals surface area contributed by atoms with Gasteiger partial charge in [-0.3, -0.25) is 4.79 Å². The molecule has 1 heterocycles. The standard InChI is InChI=1S/C21H26N2O3S/c1-13-8-7-11-17(14(13)2)23-18(24)12-26-21(25)19-15(3)22-20(27-19)16-9-5-4-6-10-16/h4-6,9-10,13-14,17H,7-8,11-12H2,1-3H3,(H,23,24)/t13-,14+,17+/m1/s1. The number of carbonyl (C=O) groups excluding carboxylic acids is 2. The molecule has 0 unspecified atom stereocenters. The second-order valence-corrected chi connectivity index (χ2v) is 8.32. The van der Waals surface area contributed by atoms with Crippen molar-refractivity contribution in [2.45, 2.75) is 46.1 Å². The Morgan fingerprint density at radius 1 is 1.22 bits per heavy atom. The molecule has 1 amide bonds. The normalized spacial score (nSPS) is 22.3. The highest BCUT2D eigenvalue weighted by atomic mass is 32.1. The number of hydrogen-bond acceptors (Lipinski definition) is 5. The summed E-state index contributed by atoms with van der Waals surface area (Å²) in [7, 11) is 0. The Labute approximate surface area is 164 Å². The molecule has 1 saturated carbocycles. The van der Waals surface area contributed by atoms with Crippen molar-refractivity contribution in [3.63, 3.8) is 0 Å². The predicted octanol–water partition coefficient (Wildman–Crippen LogP) is 4.22. The molecule has 5 nitrogen and oxygen atoms in total. The third kappa shape index (κ3) is 4.75. The summed E-state index contributed by atoms with van der Waals surface area (Å²) in [6, 6.07) is 9.87. The number of carbonyl (C=O) groups is 2. The van der Waals surface area contributed by atoms with Crippen molar-refractivity contribution < 1.29 is 14.3 Å². The molecule has 0 spiro atoms. The largest absolute Gasteiger partial charge is 0.451 e. The molecule has 6 heteroatoms. The highest BCUT2D eigenvalue weighted by Gasteiger charge is 2.28. The summed E-state index contributed by atoms with van der Waals surface area (Å²) in [5, 5.41) is 3.80. The molecule has 0 bridgehead atoms. The third-order valence-electron chi connectivity index (χ3n) is 5.39. The lowest BCUT2D eigenvalue weighted by atomic mass is 9.78. The zero-order valence-electron chi connectivity index (χ0n) is 16.0. The van der Waals surface area contributed by atoms with Crippen LogP contribution in [0.2, 0.25) is 0 Å². The molecule has 1 aliphatic carbocycles. The maximum absolute atomic E-state index is 12.4. The number of amides is 1. The molecule has 2 aromatic rings. The van der Waals surface area contributed by atoms with Crippen LogP contribution in [0, 0.1) is 18.8 Å². The van der Waals surface area contributed by atoms with E-state index >= 15 is 0 Å². The summed E-state index contributed by atoms with van der Waals surface area (Å²) in [5.74, 6) is 0.311. The molecule has 3 rings (SSSR count). The van der Waals surface area contributed by atoms with Crippen molar-refractivity contribution in [1.29, 1.82) is 0 Å². The minimum Gasteiger partial charge on any atom is -0.451 e. The molecule has 1 fully saturated rings. The van der Waals surface area contributed by atoms with E-state index in [1.807, 2.05) is 30.3 Å². The highest BCUT2D eigenvalue weighted by molar-refractivity contribution is 7.17. The molecule has 1 aromatic carbocycles. The van der Waals surface area contributed by atoms with Gasteiger partial charge in [0, 0.05) is 11.6 Å². The van der Waals surface area contributed by atoms with E-state index < -0.39 is 5.97 Å². The van der Waals surface area contributed by atoms with Crippen molar-refractivity contribution in [2.24, 2.45) is 11.8 Å². The van der Waals surface area contributed by atoms with Crippen LogP contribution in [0.15, 0.2) is 30.3 Å². The van der Waals surface area contributed by atoms with Gasteiger partial charge in [-0.15, -0.1) is 11.3 Å². The first-order chi connectivity index (χ1) is 13.0. The summed E-state index contributed by atoms with van der Waals surface area (Å²) >= 11 is 1.29. The first kappa shape index (κ1) is 19.5.